The van der Waals surface area contributed by atoms with E-state index in [1.165, 1.54) is 56.2 Å². The summed E-state index contributed by atoms with van der Waals surface area (Å²) in [4.78, 5) is 0. The molecule has 0 saturated heterocycles. The molecule has 0 bridgehead atoms. The normalized spacial score (nSPS) is 53.0. The molecular formula is C21H32N2O. The summed E-state index contributed by atoms with van der Waals surface area (Å²) in [6, 6.07) is 0. The van der Waals surface area contributed by atoms with Gasteiger partial charge in [0.2, 0.25) is 0 Å². The first-order valence-electron chi connectivity index (χ1n) is 10.1. The van der Waals surface area contributed by atoms with Gasteiger partial charge in [0.1, 0.15) is 0 Å². The van der Waals surface area contributed by atoms with Crippen molar-refractivity contribution in [3.8, 4) is 0 Å². The number of H-pyrrole nitrogens is 1. The van der Waals surface area contributed by atoms with E-state index in [1.54, 1.807) is 0 Å². The highest BCUT2D eigenvalue weighted by Gasteiger charge is 2.63. The van der Waals surface area contributed by atoms with Gasteiger partial charge in [0.25, 0.3) is 0 Å². The predicted molar refractivity (Wildman–Crippen MR) is 94.5 cm³/mol. The van der Waals surface area contributed by atoms with Crippen molar-refractivity contribution < 1.29 is 5.11 Å². The Morgan fingerprint density at radius 1 is 1.08 bits per heavy atom. The molecule has 0 unspecified atom stereocenters. The highest BCUT2D eigenvalue weighted by atomic mass is 16.3. The Hall–Kier alpha value is -0.830. The Morgan fingerprint density at radius 3 is 2.71 bits per heavy atom. The molecule has 3 fully saturated rings. The Bertz CT molecular complexity index is 665. The fraction of sp³-hybridized carbons (Fsp3) is 0.857. The van der Waals surface area contributed by atoms with Crippen molar-refractivity contribution in [2.45, 2.75) is 77.7 Å². The van der Waals surface area contributed by atoms with E-state index < -0.39 is 5.60 Å². The number of fused-ring (bicyclic) bond motifs is 6. The first kappa shape index (κ1) is 15.4. The summed E-state index contributed by atoms with van der Waals surface area (Å²) in [5, 5.41) is 18.6. The molecule has 1 heterocycles. The van der Waals surface area contributed by atoms with Gasteiger partial charge in [-0.3, -0.25) is 5.10 Å². The fourth-order valence-corrected chi connectivity index (χ4v) is 7.71. The van der Waals surface area contributed by atoms with Crippen LogP contribution in [0.15, 0.2) is 6.20 Å². The van der Waals surface area contributed by atoms with Gasteiger partial charge in [-0.05, 0) is 98.4 Å². The van der Waals surface area contributed by atoms with Crippen molar-refractivity contribution in [3.05, 3.63) is 17.5 Å². The highest BCUT2D eigenvalue weighted by Crippen LogP contribution is 2.67. The molecule has 0 radical (unpaired) electrons. The highest BCUT2D eigenvalue weighted by molar-refractivity contribution is 5.26. The average molecular weight is 329 g/mol. The quantitative estimate of drug-likeness (QED) is 0.752. The molecule has 0 amide bonds. The van der Waals surface area contributed by atoms with Gasteiger partial charge < -0.3 is 5.11 Å². The minimum Gasteiger partial charge on any atom is -0.390 e. The Labute approximate surface area is 145 Å². The fourth-order valence-electron chi connectivity index (χ4n) is 7.71. The number of aromatic amines is 1. The van der Waals surface area contributed by atoms with E-state index in [1.807, 2.05) is 0 Å². The van der Waals surface area contributed by atoms with E-state index >= 15 is 0 Å². The summed E-state index contributed by atoms with van der Waals surface area (Å²) in [7, 11) is 0. The number of aliphatic hydroxyl groups is 1. The third-order valence-corrected chi connectivity index (χ3v) is 9.46. The molecule has 3 saturated carbocycles. The third kappa shape index (κ3) is 1.75. The van der Waals surface area contributed by atoms with Gasteiger partial charge in [-0.15, -0.1) is 0 Å². The lowest BCUT2D eigenvalue weighted by Crippen LogP contribution is -2.56. The number of nitrogens with zero attached hydrogens (tertiary/aromatic N) is 1. The zero-order valence-corrected chi connectivity index (χ0v) is 15.4. The maximum atomic E-state index is 11.0. The lowest BCUT2D eigenvalue weighted by molar-refractivity contribution is -0.139. The van der Waals surface area contributed by atoms with Crippen LogP contribution in [0.3, 0.4) is 0 Å². The molecule has 24 heavy (non-hydrogen) atoms. The van der Waals surface area contributed by atoms with Crippen molar-refractivity contribution in [1.29, 1.82) is 0 Å². The molecule has 3 nitrogen and oxygen atoms in total. The molecule has 7 atom stereocenters. The molecule has 132 valence electrons. The molecule has 3 heteroatoms. The summed E-state index contributed by atoms with van der Waals surface area (Å²) in [5.74, 6) is 3.21. The summed E-state index contributed by atoms with van der Waals surface area (Å²) >= 11 is 0. The van der Waals surface area contributed by atoms with Crippen LogP contribution in [0.5, 0.6) is 0 Å². The van der Waals surface area contributed by atoms with E-state index in [4.69, 9.17) is 0 Å². The molecule has 0 aromatic carbocycles. The van der Waals surface area contributed by atoms with Crippen LogP contribution in [-0.4, -0.2) is 20.9 Å². The molecule has 1 aromatic heterocycles. The summed E-state index contributed by atoms with van der Waals surface area (Å²) < 4.78 is 0. The predicted octanol–water partition coefficient (Wildman–Crippen LogP) is 4.12. The zero-order valence-electron chi connectivity index (χ0n) is 15.4. The molecule has 1 aromatic rings. The van der Waals surface area contributed by atoms with Crippen LogP contribution in [0.4, 0.5) is 0 Å². The first-order chi connectivity index (χ1) is 11.4. The van der Waals surface area contributed by atoms with E-state index in [0.717, 1.165) is 30.1 Å². The largest absolute Gasteiger partial charge is 0.390 e. The van der Waals surface area contributed by atoms with E-state index in [2.05, 4.69) is 37.2 Å². The van der Waals surface area contributed by atoms with Crippen LogP contribution in [-0.2, 0) is 12.8 Å². The smallest absolute Gasteiger partial charge is 0.0675 e. The summed E-state index contributed by atoms with van der Waals surface area (Å²) in [5.41, 5.74) is 3.01. The molecule has 0 spiro atoms. The van der Waals surface area contributed by atoms with Crippen molar-refractivity contribution in [2.24, 2.45) is 34.5 Å². The lowest BCUT2D eigenvalue weighted by Gasteiger charge is -2.60. The molecule has 4 aliphatic rings. The average Bonchev–Trinajstić information content (AvgIpc) is 3.06. The molecule has 4 aliphatic carbocycles. The standard InChI is InChI=1S/C21H32N2O/c1-19-11-13-12-22-23-18(13)10-14(19)4-5-15-16(19)6-8-20(2)17(15)7-9-21(20,3)24/h12,14-17,24H,4-11H2,1-3H3,(H,22,23)/t14-,15-,16-,17-,19-,20-,21+/m0/s1. The Morgan fingerprint density at radius 2 is 1.88 bits per heavy atom. The number of aromatic nitrogens is 2. The maximum absolute atomic E-state index is 11.0. The first-order valence-corrected chi connectivity index (χ1v) is 10.1. The Kier molecular flexibility index (Phi) is 3.00. The van der Waals surface area contributed by atoms with Crippen LogP contribution >= 0.6 is 0 Å². The Balaban J connectivity index is 1.50. The van der Waals surface area contributed by atoms with Gasteiger partial charge >= 0.3 is 0 Å². The SMILES string of the molecule is C[C@]12Cc3cn[nH]c3C[C@@H]1CC[C@H]1[C@@H]2CC[C@@]2(C)[C@H]1CC[C@@]2(C)O. The number of rotatable bonds is 0. The lowest BCUT2D eigenvalue weighted by atomic mass is 9.44. The molecule has 0 aliphatic heterocycles. The van der Waals surface area contributed by atoms with Gasteiger partial charge in [-0.25, -0.2) is 0 Å². The second-order valence-electron chi connectivity index (χ2n) is 10.2. The molecular weight excluding hydrogens is 296 g/mol. The van der Waals surface area contributed by atoms with E-state index in [0.29, 0.717) is 5.41 Å². The molecule has 5 rings (SSSR count). The number of nitrogens with one attached hydrogen (secondary N) is 1. The number of hydrogen-bond donors (Lipinski definition) is 2. The van der Waals surface area contributed by atoms with E-state index in [9.17, 15) is 5.11 Å². The minimum atomic E-state index is -0.454. The van der Waals surface area contributed by atoms with Crippen LogP contribution < -0.4 is 0 Å². The van der Waals surface area contributed by atoms with Gasteiger partial charge in [0, 0.05) is 5.69 Å². The van der Waals surface area contributed by atoms with Crippen LogP contribution in [0.1, 0.15) is 70.6 Å². The van der Waals surface area contributed by atoms with Gasteiger partial charge in [-0.2, -0.15) is 5.10 Å². The van der Waals surface area contributed by atoms with E-state index in [-0.39, 0.29) is 5.41 Å². The summed E-state index contributed by atoms with van der Waals surface area (Å²) in [6.07, 6.45) is 12.0. The second kappa shape index (κ2) is 4.66. The van der Waals surface area contributed by atoms with Crippen molar-refractivity contribution in [2.75, 3.05) is 0 Å². The third-order valence-electron chi connectivity index (χ3n) is 9.46. The second-order valence-corrected chi connectivity index (χ2v) is 10.2. The van der Waals surface area contributed by atoms with Crippen LogP contribution in [0.25, 0.3) is 0 Å². The van der Waals surface area contributed by atoms with Crippen LogP contribution in [0.2, 0.25) is 0 Å². The van der Waals surface area contributed by atoms with Crippen molar-refractivity contribution in [3.63, 3.8) is 0 Å². The van der Waals surface area contributed by atoms with Crippen molar-refractivity contribution in [1.82, 2.24) is 10.2 Å². The monoisotopic (exact) mass is 328 g/mol. The van der Waals surface area contributed by atoms with Crippen molar-refractivity contribution >= 4 is 0 Å². The topological polar surface area (TPSA) is 48.9 Å². The van der Waals surface area contributed by atoms with Gasteiger partial charge in [-0.1, -0.05) is 13.8 Å². The molecule has 2 N–H and O–H groups in total. The summed E-state index contributed by atoms with van der Waals surface area (Å²) in [6.45, 7) is 7.09. The maximum Gasteiger partial charge on any atom is 0.0675 e. The van der Waals surface area contributed by atoms with Gasteiger partial charge in [0.05, 0.1) is 11.8 Å². The van der Waals surface area contributed by atoms with Gasteiger partial charge in [0.15, 0.2) is 0 Å². The zero-order chi connectivity index (χ0) is 16.7. The minimum absolute atomic E-state index is 0.146. The number of hydrogen-bond acceptors (Lipinski definition) is 2. The van der Waals surface area contributed by atoms with Crippen LogP contribution in [0, 0.1) is 34.5 Å².